The Bertz CT molecular complexity index is 1240. The fourth-order valence-electron chi connectivity index (χ4n) is 6.89. The van der Waals surface area contributed by atoms with E-state index in [9.17, 15) is 14.4 Å². The molecule has 4 aliphatic carbocycles. The summed E-state index contributed by atoms with van der Waals surface area (Å²) in [4.78, 5) is 37.0. The molecule has 4 fully saturated rings. The molecule has 10 nitrogen and oxygen atoms in total. The van der Waals surface area contributed by atoms with Crippen LogP contribution in [0.5, 0.6) is 0 Å². The van der Waals surface area contributed by atoms with E-state index in [1.165, 1.54) is 7.11 Å². The Kier molecular flexibility index (Phi) is 6.66. The molecule has 0 radical (unpaired) electrons. The van der Waals surface area contributed by atoms with Gasteiger partial charge in [0.25, 0.3) is 5.91 Å². The minimum atomic E-state index is -0.717. The molecule has 2 unspecified atom stereocenters. The lowest BCUT2D eigenvalue weighted by molar-refractivity contribution is -0.137. The number of nitrogens with zero attached hydrogens (tertiary/aromatic N) is 2. The molecule has 1 aromatic heterocycles. The first kappa shape index (κ1) is 25.8. The van der Waals surface area contributed by atoms with E-state index in [4.69, 9.17) is 15.2 Å². The van der Waals surface area contributed by atoms with Gasteiger partial charge >= 0.3 is 12.2 Å². The lowest BCUT2D eigenvalue weighted by Gasteiger charge is -2.58. The molecule has 1 heterocycles. The van der Waals surface area contributed by atoms with Gasteiger partial charge in [0.15, 0.2) is 0 Å². The minimum absolute atomic E-state index is 0.00866. The Hall–Kier alpha value is -3.82. The number of methoxy groups -OCH3 is 1. The summed E-state index contributed by atoms with van der Waals surface area (Å²) in [5.41, 5.74) is 6.16. The normalized spacial score (nSPS) is 27.8. The third-order valence-corrected chi connectivity index (χ3v) is 8.16. The average Bonchev–Trinajstić information content (AvgIpc) is 3.28. The van der Waals surface area contributed by atoms with Gasteiger partial charge < -0.3 is 25.8 Å². The van der Waals surface area contributed by atoms with Crippen LogP contribution in [0.1, 0.15) is 56.3 Å². The molecule has 6 rings (SSSR count). The number of carbonyl (C=O) groups is 3. The van der Waals surface area contributed by atoms with Crippen molar-refractivity contribution in [3.63, 3.8) is 0 Å². The summed E-state index contributed by atoms with van der Waals surface area (Å²) in [7, 11) is 1.31. The third-order valence-electron chi connectivity index (χ3n) is 8.16. The highest BCUT2D eigenvalue weighted by atomic mass is 16.6. The van der Waals surface area contributed by atoms with E-state index in [-0.39, 0.29) is 23.8 Å². The van der Waals surface area contributed by atoms with Gasteiger partial charge in [0.2, 0.25) is 0 Å². The predicted molar refractivity (Wildman–Crippen MR) is 141 cm³/mol. The van der Waals surface area contributed by atoms with Gasteiger partial charge in [-0.05, 0) is 69.8 Å². The van der Waals surface area contributed by atoms with E-state index < -0.39 is 23.3 Å². The number of benzene rings is 1. The van der Waals surface area contributed by atoms with Gasteiger partial charge in [-0.2, -0.15) is 5.10 Å². The predicted octanol–water partition coefficient (Wildman–Crippen LogP) is 3.93. The Morgan fingerprint density at radius 1 is 1.13 bits per heavy atom. The number of amides is 3. The minimum Gasteiger partial charge on any atom is -0.453 e. The highest BCUT2D eigenvalue weighted by Gasteiger charge is 2.57. The first-order valence-corrected chi connectivity index (χ1v) is 13.1. The first-order chi connectivity index (χ1) is 18.1. The smallest absolute Gasteiger partial charge is 0.407 e. The zero-order chi connectivity index (χ0) is 27.1. The number of rotatable bonds is 7. The highest BCUT2D eigenvalue weighted by molar-refractivity contribution is 6.00. The summed E-state index contributed by atoms with van der Waals surface area (Å²) in [6, 6.07) is 9.62. The molecular formula is C28H35N5O5. The lowest BCUT2D eigenvalue weighted by atomic mass is 9.52. The Morgan fingerprint density at radius 2 is 1.82 bits per heavy atom. The van der Waals surface area contributed by atoms with Crippen LogP contribution in [0.2, 0.25) is 0 Å². The third kappa shape index (κ3) is 5.12. The van der Waals surface area contributed by atoms with Crippen LogP contribution in [0.3, 0.4) is 0 Å². The summed E-state index contributed by atoms with van der Waals surface area (Å²) < 4.78 is 12.0. The SMILES string of the molecule is COC(=O)NC(C)(C)C=Cn1ncc(C(=O)NC2C3CC4CC2CC(OC(N)=O)(C4)C3)c1-c1ccccc1. The molecule has 202 valence electrons. The van der Waals surface area contributed by atoms with E-state index >= 15 is 0 Å². The second kappa shape index (κ2) is 9.81. The van der Waals surface area contributed by atoms with Gasteiger partial charge in [-0.1, -0.05) is 30.3 Å². The summed E-state index contributed by atoms with van der Waals surface area (Å²) in [6.45, 7) is 3.67. The number of nitrogens with one attached hydrogen (secondary N) is 2. The Balaban J connectivity index is 1.39. The first-order valence-electron chi connectivity index (χ1n) is 13.1. The van der Waals surface area contributed by atoms with Gasteiger partial charge in [-0.3, -0.25) is 4.79 Å². The van der Waals surface area contributed by atoms with Crippen molar-refractivity contribution in [3.8, 4) is 11.3 Å². The van der Waals surface area contributed by atoms with Crippen molar-refractivity contribution in [2.45, 2.75) is 63.1 Å². The molecule has 4 N–H and O–H groups in total. The van der Waals surface area contributed by atoms with Crippen LogP contribution in [-0.2, 0) is 9.47 Å². The van der Waals surface area contributed by atoms with E-state index in [2.05, 4.69) is 15.7 Å². The molecule has 0 saturated heterocycles. The van der Waals surface area contributed by atoms with Crippen molar-refractivity contribution in [3.05, 3.63) is 48.2 Å². The Labute approximate surface area is 221 Å². The van der Waals surface area contributed by atoms with Crippen molar-refractivity contribution >= 4 is 24.3 Å². The number of alkyl carbamates (subject to hydrolysis) is 1. The molecule has 4 bridgehead atoms. The summed E-state index contributed by atoms with van der Waals surface area (Å²) in [6.07, 6.45) is 8.20. The van der Waals surface area contributed by atoms with Gasteiger partial charge in [0, 0.05) is 17.8 Å². The number of ether oxygens (including phenoxy) is 2. The van der Waals surface area contributed by atoms with Crippen molar-refractivity contribution in [2.75, 3.05) is 7.11 Å². The van der Waals surface area contributed by atoms with E-state index in [1.807, 2.05) is 44.2 Å². The summed E-state index contributed by atoms with van der Waals surface area (Å²) in [5, 5.41) is 10.6. The molecule has 4 saturated carbocycles. The molecule has 3 amide bonds. The number of primary amides is 1. The van der Waals surface area contributed by atoms with E-state index in [0.29, 0.717) is 17.2 Å². The topological polar surface area (TPSA) is 138 Å². The zero-order valence-corrected chi connectivity index (χ0v) is 22.0. The molecule has 0 aliphatic heterocycles. The molecule has 2 atom stereocenters. The molecule has 10 heteroatoms. The fraction of sp³-hybridized carbons (Fsp3) is 0.500. The van der Waals surface area contributed by atoms with Gasteiger partial charge in [0.1, 0.15) is 5.60 Å². The van der Waals surface area contributed by atoms with Gasteiger partial charge in [-0.15, -0.1) is 0 Å². The van der Waals surface area contributed by atoms with Crippen LogP contribution in [0.25, 0.3) is 17.5 Å². The largest absolute Gasteiger partial charge is 0.453 e. The Morgan fingerprint density at radius 3 is 2.45 bits per heavy atom. The van der Waals surface area contributed by atoms with Crippen molar-refractivity contribution in [1.82, 2.24) is 20.4 Å². The average molecular weight is 522 g/mol. The van der Waals surface area contributed by atoms with Gasteiger partial charge in [-0.25, -0.2) is 14.3 Å². The second-order valence-electron chi connectivity index (χ2n) is 11.4. The maximum Gasteiger partial charge on any atom is 0.407 e. The standard InChI is InChI=1S/C28H35N5O5/c1-27(2,32-26(36)37-3)9-10-33-23(18-7-5-4-6-8-18)21(16-30-33)24(34)31-22-19-11-17-12-20(22)15-28(13-17,14-19)38-25(29)35/h4-10,16-17,19-20,22H,11-15H2,1-3H3,(H2,29,35)(H,31,34)(H,32,36). The second-order valence-corrected chi connectivity index (χ2v) is 11.4. The maximum atomic E-state index is 13.7. The van der Waals surface area contributed by atoms with Crippen LogP contribution in [0.4, 0.5) is 9.59 Å². The van der Waals surface area contributed by atoms with Crippen LogP contribution in [0, 0.1) is 17.8 Å². The molecule has 1 aromatic carbocycles. The van der Waals surface area contributed by atoms with Crippen LogP contribution in [0.15, 0.2) is 42.6 Å². The number of nitrogens with two attached hydrogens (primary N) is 1. The van der Waals surface area contributed by atoms with Crippen molar-refractivity contribution < 1.29 is 23.9 Å². The quantitative estimate of drug-likeness (QED) is 0.505. The van der Waals surface area contributed by atoms with Crippen LogP contribution < -0.4 is 16.4 Å². The van der Waals surface area contributed by atoms with Crippen molar-refractivity contribution in [2.24, 2.45) is 23.5 Å². The molecule has 0 spiro atoms. The summed E-state index contributed by atoms with van der Waals surface area (Å²) >= 11 is 0. The van der Waals surface area contributed by atoms with E-state index in [0.717, 1.165) is 37.7 Å². The molecule has 38 heavy (non-hydrogen) atoms. The number of aromatic nitrogens is 2. The molecule has 4 aliphatic rings. The monoisotopic (exact) mass is 521 g/mol. The molecule has 2 aromatic rings. The summed E-state index contributed by atoms with van der Waals surface area (Å²) in [5.74, 6) is 0.794. The highest BCUT2D eigenvalue weighted by Crippen LogP contribution is 2.57. The lowest BCUT2D eigenvalue weighted by Crippen LogP contribution is -2.63. The van der Waals surface area contributed by atoms with Crippen molar-refractivity contribution in [1.29, 1.82) is 0 Å². The maximum absolute atomic E-state index is 13.7. The molecular weight excluding hydrogens is 486 g/mol. The fourth-order valence-corrected chi connectivity index (χ4v) is 6.89. The number of hydrogen-bond acceptors (Lipinski definition) is 6. The van der Waals surface area contributed by atoms with Crippen LogP contribution in [-0.4, -0.2) is 52.2 Å². The van der Waals surface area contributed by atoms with Gasteiger partial charge in [0.05, 0.1) is 30.1 Å². The van der Waals surface area contributed by atoms with E-state index in [1.54, 1.807) is 23.2 Å². The zero-order valence-electron chi connectivity index (χ0n) is 22.0. The number of carbonyl (C=O) groups excluding carboxylic acids is 3. The number of hydrogen-bond donors (Lipinski definition) is 3. The van der Waals surface area contributed by atoms with Crippen LogP contribution >= 0.6 is 0 Å².